The first-order chi connectivity index (χ1) is 15.1. The van der Waals surface area contributed by atoms with Crippen LogP contribution in [-0.4, -0.2) is 41.0 Å². The first-order valence-corrected chi connectivity index (χ1v) is 10.1. The molecule has 0 atom stereocenters. The van der Waals surface area contributed by atoms with Crippen molar-refractivity contribution in [1.29, 1.82) is 0 Å². The zero-order valence-electron chi connectivity index (χ0n) is 16.9. The van der Waals surface area contributed by atoms with Crippen LogP contribution < -0.4 is 16.4 Å². The Morgan fingerprint density at radius 1 is 0.968 bits per heavy atom. The quantitative estimate of drug-likeness (QED) is 0.587. The number of carbonyl (C=O) groups is 2. The Bertz CT molecular complexity index is 1060. The van der Waals surface area contributed by atoms with Gasteiger partial charge in [0.15, 0.2) is 11.5 Å². The number of ether oxygens (including phenoxy) is 1. The van der Waals surface area contributed by atoms with Crippen LogP contribution in [0, 0.1) is 0 Å². The number of rotatable bonds is 5. The minimum absolute atomic E-state index is 0.0442. The molecule has 2 heterocycles. The van der Waals surface area contributed by atoms with Gasteiger partial charge in [0.05, 0.1) is 11.9 Å². The van der Waals surface area contributed by atoms with Crippen LogP contribution >= 0.6 is 0 Å². The van der Waals surface area contributed by atoms with Gasteiger partial charge in [0.25, 0.3) is 11.8 Å². The Hall–Kier alpha value is -3.78. The molecule has 1 aromatic heterocycles. The van der Waals surface area contributed by atoms with E-state index in [9.17, 15) is 9.59 Å². The molecule has 4 N–H and O–H groups in total. The Balaban J connectivity index is 1.48. The number of hydrogen-bond acceptors (Lipinski definition) is 6. The number of nitrogen functional groups attached to an aromatic ring is 1. The van der Waals surface area contributed by atoms with E-state index >= 15 is 0 Å². The second kappa shape index (κ2) is 9.36. The molecule has 0 spiro atoms. The summed E-state index contributed by atoms with van der Waals surface area (Å²) in [5.41, 5.74) is 8.33. The second-order valence-electron chi connectivity index (χ2n) is 7.25. The van der Waals surface area contributed by atoms with Crippen LogP contribution in [0.2, 0.25) is 0 Å². The predicted octanol–water partition coefficient (Wildman–Crippen LogP) is 2.89. The summed E-state index contributed by atoms with van der Waals surface area (Å²) in [7, 11) is 0. The highest BCUT2D eigenvalue weighted by molar-refractivity contribution is 6.06. The number of nitrogens with two attached hydrogens (primary N) is 1. The highest BCUT2D eigenvalue weighted by atomic mass is 16.5. The fourth-order valence-corrected chi connectivity index (χ4v) is 3.32. The van der Waals surface area contributed by atoms with Gasteiger partial charge in [0, 0.05) is 36.1 Å². The summed E-state index contributed by atoms with van der Waals surface area (Å²) < 4.78 is 5.32. The number of anilines is 2. The summed E-state index contributed by atoms with van der Waals surface area (Å²) in [6, 6.07) is 16.2. The van der Waals surface area contributed by atoms with E-state index in [1.54, 1.807) is 36.4 Å². The van der Waals surface area contributed by atoms with Gasteiger partial charge in [-0.25, -0.2) is 9.97 Å². The van der Waals surface area contributed by atoms with Gasteiger partial charge < -0.3 is 21.1 Å². The van der Waals surface area contributed by atoms with Crippen LogP contribution in [0.25, 0.3) is 11.3 Å². The standard InChI is InChI=1S/C23H23N5O3/c24-21-20(23(30)27-17-4-2-1-3-5-17)28-19(14-25-21)15-6-8-16(9-7-15)22(29)26-18-10-12-31-13-11-18/h1-9,14,18H,10-13H2,(H2,24,25)(H,26,29)(H,27,30). The molecule has 8 heteroatoms. The molecule has 3 aromatic rings. The molecule has 0 bridgehead atoms. The Morgan fingerprint density at radius 2 is 1.68 bits per heavy atom. The van der Waals surface area contributed by atoms with Crippen molar-refractivity contribution >= 4 is 23.3 Å². The lowest BCUT2D eigenvalue weighted by molar-refractivity contribution is 0.0696. The summed E-state index contributed by atoms with van der Waals surface area (Å²) in [5.74, 6) is -0.514. The fourth-order valence-electron chi connectivity index (χ4n) is 3.32. The van der Waals surface area contributed by atoms with Gasteiger partial charge in [-0.2, -0.15) is 0 Å². The molecule has 0 unspecified atom stereocenters. The smallest absolute Gasteiger partial charge is 0.278 e. The molecule has 4 rings (SSSR count). The third kappa shape index (κ3) is 5.04. The number of amides is 2. The van der Waals surface area contributed by atoms with Crippen LogP contribution in [0.3, 0.4) is 0 Å². The van der Waals surface area contributed by atoms with Gasteiger partial charge >= 0.3 is 0 Å². The fraction of sp³-hybridized carbons (Fsp3) is 0.217. The maximum atomic E-state index is 12.6. The lowest BCUT2D eigenvalue weighted by Crippen LogP contribution is -2.38. The molecular formula is C23H23N5O3. The van der Waals surface area contributed by atoms with E-state index in [-0.39, 0.29) is 23.5 Å². The third-order valence-corrected chi connectivity index (χ3v) is 5.05. The summed E-state index contributed by atoms with van der Waals surface area (Å²) in [6.07, 6.45) is 3.14. The lowest BCUT2D eigenvalue weighted by atomic mass is 10.1. The monoisotopic (exact) mass is 417 g/mol. The van der Waals surface area contributed by atoms with E-state index in [4.69, 9.17) is 10.5 Å². The average molecular weight is 417 g/mol. The van der Waals surface area contributed by atoms with E-state index in [0.717, 1.165) is 18.4 Å². The van der Waals surface area contributed by atoms with Crippen molar-refractivity contribution in [2.75, 3.05) is 24.3 Å². The molecule has 8 nitrogen and oxygen atoms in total. The van der Waals surface area contributed by atoms with Crippen molar-refractivity contribution in [1.82, 2.24) is 15.3 Å². The van der Waals surface area contributed by atoms with Crippen LogP contribution in [0.15, 0.2) is 60.8 Å². The molecule has 0 radical (unpaired) electrons. The van der Waals surface area contributed by atoms with Gasteiger partial charge in [-0.3, -0.25) is 9.59 Å². The largest absolute Gasteiger partial charge is 0.382 e. The van der Waals surface area contributed by atoms with Gasteiger partial charge in [0.2, 0.25) is 0 Å². The van der Waals surface area contributed by atoms with Gasteiger partial charge in [-0.1, -0.05) is 30.3 Å². The molecule has 0 saturated carbocycles. The van der Waals surface area contributed by atoms with E-state index in [1.807, 2.05) is 18.2 Å². The van der Waals surface area contributed by atoms with Crippen molar-refractivity contribution in [3.8, 4) is 11.3 Å². The molecule has 2 amide bonds. The molecule has 1 saturated heterocycles. The van der Waals surface area contributed by atoms with Crippen molar-refractivity contribution < 1.29 is 14.3 Å². The molecule has 158 valence electrons. The van der Waals surface area contributed by atoms with E-state index in [2.05, 4.69) is 20.6 Å². The number of para-hydroxylation sites is 1. The Labute approximate surface area is 179 Å². The number of hydrogen-bond donors (Lipinski definition) is 3. The van der Waals surface area contributed by atoms with Crippen molar-refractivity contribution in [3.63, 3.8) is 0 Å². The highest BCUT2D eigenvalue weighted by Crippen LogP contribution is 2.20. The molecule has 31 heavy (non-hydrogen) atoms. The minimum atomic E-state index is -0.439. The lowest BCUT2D eigenvalue weighted by Gasteiger charge is -2.23. The maximum absolute atomic E-state index is 12.6. The summed E-state index contributed by atoms with van der Waals surface area (Å²) in [6.45, 7) is 1.33. The van der Waals surface area contributed by atoms with Crippen LogP contribution in [0.1, 0.15) is 33.7 Å². The van der Waals surface area contributed by atoms with Crippen LogP contribution in [0.4, 0.5) is 11.5 Å². The summed E-state index contributed by atoms with van der Waals surface area (Å²) in [5, 5.41) is 5.79. The molecule has 0 aliphatic carbocycles. The zero-order chi connectivity index (χ0) is 21.6. The average Bonchev–Trinajstić information content (AvgIpc) is 2.81. The normalized spacial score (nSPS) is 14.1. The number of carbonyl (C=O) groups excluding carboxylic acids is 2. The Kier molecular flexibility index (Phi) is 6.18. The predicted molar refractivity (Wildman–Crippen MR) is 118 cm³/mol. The van der Waals surface area contributed by atoms with Crippen molar-refractivity contribution in [2.45, 2.75) is 18.9 Å². The summed E-state index contributed by atoms with van der Waals surface area (Å²) in [4.78, 5) is 33.6. The molecule has 1 aliphatic heterocycles. The molecular weight excluding hydrogens is 394 g/mol. The van der Waals surface area contributed by atoms with E-state index in [1.165, 1.54) is 6.20 Å². The zero-order valence-corrected chi connectivity index (χ0v) is 16.9. The number of nitrogens with one attached hydrogen (secondary N) is 2. The SMILES string of the molecule is Nc1ncc(-c2ccc(C(=O)NC3CCOCC3)cc2)nc1C(=O)Nc1ccccc1. The second-order valence-corrected chi connectivity index (χ2v) is 7.25. The Morgan fingerprint density at radius 3 is 2.39 bits per heavy atom. The summed E-state index contributed by atoms with van der Waals surface area (Å²) >= 11 is 0. The number of nitrogens with zero attached hydrogens (tertiary/aromatic N) is 2. The number of aromatic nitrogens is 2. The minimum Gasteiger partial charge on any atom is -0.382 e. The number of benzene rings is 2. The van der Waals surface area contributed by atoms with Gasteiger partial charge in [0.1, 0.15) is 0 Å². The van der Waals surface area contributed by atoms with E-state index < -0.39 is 5.91 Å². The van der Waals surface area contributed by atoms with Crippen LogP contribution in [0.5, 0.6) is 0 Å². The first-order valence-electron chi connectivity index (χ1n) is 10.1. The maximum Gasteiger partial charge on any atom is 0.278 e. The van der Waals surface area contributed by atoms with Gasteiger partial charge in [-0.15, -0.1) is 0 Å². The van der Waals surface area contributed by atoms with Crippen molar-refractivity contribution in [2.24, 2.45) is 0 Å². The molecule has 1 fully saturated rings. The first kappa shape index (κ1) is 20.5. The molecule has 1 aliphatic rings. The van der Waals surface area contributed by atoms with Crippen LogP contribution in [-0.2, 0) is 4.74 Å². The molecule has 2 aromatic carbocycles. The van der Waals surface area contributed by atoms with Gasteiger partial charge in [-0.05, 0) is 37.1 Å². The van der Waals surface area contributed by atoms with Crippen molar-refractivity contribution in [3.05, 3.63) is 72.1 Å². The highest BCUT2D eigenvalue weighted by Gasteiger charge is 2.18. The topological polar surface area (TPSA) is 119 Å². The van der Waals surface area contributed by atoms with E-state index in [0.29, 0.717) is 30.2 Å². The third-order valence-electron chi connectivity index (χ3n) is 5.05.